The van der Waals surface area contributed by atoms with Crippen LogP contribution in [0.3, 0.4) is 0 Å². The molecule has 0 spiro atoms. The van der Waals surface area contributed by atoms with Crippen molar-refractivity contribution in [2.45, 2.75) is 32.1 Å². The quantitative estimate of drug-likeness (QED) is 0.779. The molecule has 0 bridgehead atoms. The van der Waals surface area contributed by atoms with Gasteiger partial charge in [-0.05, 0) is 38.8 Å². The van der Waals surface area contributed by atoms with Crippen molar-refractivity contribution < 1.29 is 8.42 Å². The maximum Gasteiger partial charge on any atom is 0.279 e. The van der Waals surface area contributed by atoms with E-state index < -0.39 is 10.2 Å². The van der Waals surface area contributed by atoms with E-state index >= 15 is 0 Å². The second-order valence-corrected chi connectivity index (χ2v) is 6.66. The summed E-state index contributed by atoms with van der Waals surface area (Å²) in [5, 5.41) is 0. The Morgan fingerprint density at radius 2 is 1.47 bits per heavy atom. The largest absolute Gasteiger partial charge is 0.302 e. The average molecular weight is 261 g/mol. The number of hydrogen-bond donors (Lipinski definition) is 1. The van der Waals surface area contributed by atoms with Crippen molar-refractivity contribution in [3.63, 3.8) is 0 Å². The van der Waals surface area contributed by atoms with Crippen molar-refractivity contribution in [3.05, 3.63) is 0 Å². The zero-order valence-electron chi connectivity index (χ0n) is 10.4. The van der Waals surface area contributed by atoms with E-state index in [-0.39, 0.29) is 0 Å². The predicted octanol–water partition coefficient (Wildman–Crippen LogP) is 0.402. The zero-order valence-corrected chi connectivity index (χ0v) is 11.2. The fraction of sp³-hybridized carbons (Fsp3) is 1.00. The normalized spacial score (nSPS) is 24.2. The van der Waals surface area contributed by atoms with Crippen LogP contribution in [0.5, 0.6) is 0 Å². The lowest BCUT2D eigenvalue weighted by Gasteiger charge is -2.26. The molecule has 2 saturated heterocycles. The minimum absolute atomic E-state index is 0.541. The van der Waals surface area contributed by atoms with E-state index in [0.29, 0.717) is 19.6 Å². The van der Waals surface area contributed by atoms with Gasteiger partial charge in [-0.2, -0.15) is 12.7 Å². The monoisotopic (exact) mass is 261 g/mol. The molecular weight excluding hydrogens is 238 g/mol. The number of likely N-dealkylation sites (tertiary alicyclic amines) is 1. The molecule has 0 aromatic rings. The Labute approximate surface area is 104 Å². The van der Waals surface area contributed by atoms with Crippen LogP contribution in [0.25, 0.3) is 0 Å². The Morgan fingerprint density at radius 1 is 0.882 bits per heavy atom. The van der Waals surface area contributed by atoms with Crippen molar-refractivity contribution in [3.8, 4) is 0 Å². The fourth-order valence-corrected chi connectivity index (χ4v) is 3.81. The van der Waals surface area contributed by atoms with Gasteiger partial charge in [-0.3, -0.25) is 0 Å². The molecule has 0 amide bonds. The van der Waals surface area contributed by atoms with Gasteiger partial charge < -0.3 is 4.90 Å². The summed E-state index contributed by atoms with van der Waals surface area (Å²) >= 11 is 0. The third kappa shape index (κ3) is 3.91. The summed E-state index contributed by atoms with van der Waals surface area (Å²) < 4.78 is 28.2. The molecule has 2 heterocycles. The Hall–Kier alpha value is -0.170. The van der Waals surface area contributed by atoms with Gasteiger partial charge >= 0.3 is 0 Å². The molecule has 2 rings (SSSR count). The second-order valence-electron chi connectivity index (χ2n) is 4.91. The number of rotatable bonds is 5. The van der Waals surface area contributed by atoms with Crippen molar-refractivity contribution in [2.75, 3.05) is 39.3 Å². The lowest BCUT2D eigenvalue weighted by Crippen LogP contribution is -2.45. The summed E-state index contributed by atoms with van der Waals surface area (Å²) in [5.74, 6) is 0. The molecule has 0 saturated carbocycles. The third-order valence-electron chi connectivity index (χ3n) is 3.57. The van der Waals surface area contributed by atoms with Crippen molar-refractivity contribution >= 4 is 10.2 Å². The molecule has 5 nitrogen and oxygen atoms in total. The van der Waals surface area contributed by atoms with Crippen LogP contribution in [0.1, 0.15) is 32.1 Å². The van der Waals surface area contributed by atoms with Crippen LogP contribution in [0.2, 0.25) is 0 Å². The maximum absolute atomic E-state index is 12.0. The summed E-state index contributed by atoms with van der Waals surface area (Å²) in [7, 11) is -3.22. The SMILES string of the molecule is O=S(=O)(NCCN1CCCC1)N1CCCCC1. The summed E-state index contributed by atoms with van der Waals surface area (Å²) in [4.78, 5) is 2.32. The van der Waals surface area contributed by atoms with Gasteiger partial charge in [0.15, 0.2) is 0 Å². The smallest absolute Gasteiger partial charge is 0.279 e. The van der Waals surface area contributed by atoms with Crippen LogP contribution in [-0.2, 0) is 10.2 Å². The summed E-state index contributed by atoms with van der Waals surface area (Å²) in [5.41, 5.74) is 0. The van der Waals surface area contributed by atoms with Crippen LogP contribution >= 0.6 is 0 Å². The number of hydrogen-bond acceptors (Lipinski definition) is 3. The van der Waals surface area contributed by atoms with E-state index in [0.717, 1.165) is 38.9 Å². The molecule has 2 aliphatic heterocycles. The van der Waals surface area contributed by atoms with Crippen molar-refractivity contribution in [1.29, 1.82) is 0 Å². The van der Waals surface area contributed by atoms with Crippen LogP contribution < -0.4 is 4.72 Å². The van der Waals surface area contributed by atoms with Gasteiger partial charge in [-0.15, -0.1) is 0 Å². The maximum atomic E-state index is 12.0. The topological polar surface area (TPSA) is 52.7 Å². The Bertz CT molecular complexity index is 320. The van der Waals surface area contributed by atoms with Gasteiger partial charge in [0.05, 0.1) is 0 Å². The first-order chi connectivity index (χ1) is 8.18. The van der Waals surface area contributed by atoms with Gasteiger partial charge in [0.25, 0.3) is 10.2 Å². The highest BCUT2D eigenvalue weighted by atomic mass is 32.2. The molecule has 0 aromatic carbocycles. The standard InChI is InChI=1S/C11H23N3O2S/c15-17(16,14-9-2-1-3-10-14)12-6-11-13-7-4-5-8-13/h12H,1-11H2. The van der Waals surface area contributed by atoms with Crippen molar-refractivity contribution in [2.24, 2.45) is 0 Å². The van der Waals surface area contributed by atoms with Gasteiger partial charge in [0.1, 0.15) is 0 Å². The minimum Gasteiger partial charge on any atom is -0.302 e. The van der Waals surface area contributed by atoms with Crippen LogP contribution in [0.15, 0.2) is 0 Å². The number of piperidine rings is 1. The molecule has 2 fully saturated rings. The van der Waals surface area contributed by atoms with E-state index in [1.54, 1.807) is 4.31 Å². The van der Waals surface area contributed by atoms with E-state index in [4.69, 9.17) is 0 Å². The first-order valence-electron chi connectivity index (χ1n) is 6.65. The molecule has 100 valence electrons. The molecule has 0 atom stereocenters. The van der Waals surface area contributed by atoms with Gasteiger partial charge in [-0.25, -0.2) is 4.72 Å². The number of nitrogens with one attached hydrogen (secondary N) is 1. The lowest BCUT2D eigenvalue weighted by atomic mass is 10.2. The molecule has 0 aliphatic carbocycles. The first kappa shape index (κ1) is 13.3. The van der Waals surface area contributed by atoms with E-state index in [9.17, 15) is 8.42 Å². The molecular formula is C11H23N3O2S. The average Bonchev–Trinajstić information content (AvgIpc) is 2.83. The highest BCUT2D eigenvalue weighted by molar-refractivity contribution is 7.87. The van der Waals surface area contributed by atoms with E-state index in [1.807, 2.05) is 0 Å². The molecule has 2 aliphatic rings. The second kappa shape index (κ2) is 6.13. The first-order valence-corrected chi connectivity index (χ1v) is 8.09. The Morgan fingerprint density at radius 3 is 2.12 bits per heavy atom. The molecule has 1 N–H and O–H groups in total. The van der Waals surface area contributed by atoms with Crippen LogP contribution in [-0.4, -0.2) is 56.9 Å². The Kier molecular flexibility index (Phi) is 4.78. The summed E-state index contributed by atoms with van der Waals surface area (Å²) in [6.07, 6.45) is 5.64. The van der Waals surface area contributed by atoms with Gasteiger partial charge in [0.2, 0.25) is 0 Å². The predicted molar refractivity (Wildman–Crippen MR) is 68.0 cm³/mol. The van der Waals surface area contributed by atoms with Crippen molar-refractivity contribution in [1.82, 2.24) is 13.9 Å². The Balaban J connectivity index is 1.72. The van der Waals surface area contributed by atoms with E-state index in [1.165, 1.54) is 12.8 Å². The summed E-state index contributed by atoms with van der Waals surface area (Å²) in [6.45, 7) is 4.97. The number of nitrogens with zero attached hydrogens (tertiary/aromatic N) is 2. The highest BCUT2D eigenvalue weighted by Gasteiger charge is 2.23. The highest BCUT2D eigenvalue weighted by Crippen LogP contribution is 2.11. The zero-order chi connectivity index (χ0) is 12.1. The molecule has 17 heavy (non-hydrogen) atoms. The third-order valence-corrected chi connectivity index (χ3v) is 5.18. The molecule has 0 radical (unpaired) electrons. The van der Waals surface area contributed by atoms with E-state index in [2.05, 4.69) is 9.62 Å². The summed E-state index contributed by atoms with van der Waals surface area (Å²) in [6, 6.07) is 0. The van der Waals surface area contributed by atoms with Gasteiger partial charge in [-0.1, -0.05) is 6.42 Å². The minimum atomic E-state index is -3.22. The molecule has 0 aromatic heterocycles. The lowest BCUT2D eigenvalue weighted by molar-refractivity contribution is 0.327. The molecule has 6 heteroatoms. The molecule has 0 unspecified atom stereocenters. The van der Waals surface area contributed by atoms with Crippen LogP contribution in [0.4, 0.5) is 0 Å². The van der Waals surface area contributed by atoms with Crippen LogP contribution in [0, 0.1) is 0 Å². The fourth-order valence-electron chi connectivity index (χ4n) is 2.54. The van der Waals surface area contributed by atoms with Gasteiger partial charge in [0, 0.05) is 26.2 Å².